The van der Waals surface area contributed by atoms with E-state index in [2.05, 4.69) is 15.3 Å². The van der Waals surface area contributed by atoms with Crippen LogP contribution in [-0.2, 0) is 0 Å². The van der Waals surface area contributed by atoms with E-state index in [1.165, 1.54) is 6.33 Å². The Morgan fingerprint density at radius 2 is 2.11 bits per heavy atom. The molecule has 18 heavy (non-hydrogen) atoms. The normalized spacial score (nSPS) is 31.6. The van der Waals surface area contributed by atoms with E-state index in [0.717, 1.165) is 0 Å². The van der Waals surface area contributed by atoms with Gasteiger partial charge in [-0.25, -0.2) is 9.97 Å². The van der Waals surface area contributed by atoms with Gasteiger partial charge in [0.15, 0.2) is 0 Å². The Morgan fingerprint density at radius 1 is 1.39 bits per heavy atom. The quantitative estimate of drug-likeness (QED) is 0.463. The van der Waals surface area contributed by atoms with Crippen LogP contribution in [0.2, 0.25) is 0 Å². The second-order valence-corrected chi connectivity index (χ2v) is 4.64. The van der Waals surface area contributed by atoms with E-state index >= 15 is 0 Å². The molecule has 0 unspecified atom stereocenters. The average Bonchev–Trinajstić information content (AvgIpc) is 2.63. The fourth-order valence-corrected chi connectivity index (χ4v) is 2.23. The topological polar surface area (TPSA) is 125 Å². The van der Waals surface area contributed by atoms with Crippen LogP contribution in [0, 0.1) is 12.8 Å². The van der Waals surface area contributed by atoms with Crippen LogP contribution in [-0.4, -0.2) is 50.1 Å². The molecule has 0 aromatic carbocycles. The van der Waals surface area contributed by atoms with Crippen molar-refractivity contribution in [3.05, 3.63) is 11.9 Å². The van der Waals surface area contributed by atoms with Crippen molar-refractivity contribution >= 4 is 11.6 Å². The van der Waals surface area contributed by atoms with Gasteiger partial charge in [0.2, 0.25) is 0 Å². The zero-order valence-corrected chi connectivity index (χ0v) is 10.1. The first-order chi connectivity index (χ1) is 8.54. The number of nitrogen functional groups attached to an aromatic ring is 1. The Kier molecular flexibility index (Phi) is 3.65. The highest BCUT2D eigenvalue weighted by atomic mass is 16.3. The standard InChI is InChI=1S/C11H18N4O3/c1-5-10(12)13-4-14-11(5)15-7-2-6(3-16)8(17)9(7)18/h4,6-9,16-18H,2-3H2,1H3,(H3,12,13,14,15)/t6-,7-,8-,9+/m1/s1. The Morgan fingerprint density at radius 3 is 2.72 bits per heavy atom. The second kappa shape index (κ2) is 5.05. The van der Waals surface area contributed by atoms with Crippen molar-refractivity contribution in [3.63, 3.8) is 0 Å². The Bertz CT molecular complexity index is 429. The molecule has 0 saturated heterocycles. The van der Waals surface area contributed by atoms with Crippen LogP contribution in [0.3, 0.4) is 0 Å². The van der Waals surface area contributed by atoms with Gasteiger partial charge in [-0.2, -0.15) is 0 Å². The van der Waals surface area contributed by atoms with Gasteiger partial charge in [-0.3, -0.25) is 0 Å². The number of hydrogen-bond acceptors (Lipinski definition) is 7. The zero-order valence-electron chi connectivity index (χ0n) is 10.1. The zero-order chi connectivity index (χ0) is 13.3. The summed E-state index contributed by atoms with van der Waals surface area (Å²) in [4.78, 5) is 7.91. The van der Waals surface area contributed by atoms with Crippen molar-refractivity contribution in [2.24, 2.45) is 5.92 Å². The molecule has 100 valence electrons. The molecule has 7 heteroatoms. The molecule has 0 spiro atoms. The highest BCUT2D eigenvalue weighted by molar-refractivity contribution is 5.54. The summed E-state index contributed by atoms with van der Waals surface area (Å²) in [6.45, 7) is 1.63. The Labute approximate surface area is 105 Å². The summed E-state index contributed by atoms with van der Waals surface area (Å²) in [7, 11) is 0. The first kappa shape index (κ1) is 13.0. The fraction of sp³-hybridized carbons (Fsp3) is 0.636. The molecular formula is C11H18N4O3. The number of aromatic nitrogens is 2. The number of aliphatic hydroxyl groups excluding tert-OH is 3. The van der Waals surface area contributed by atoms with Gasteiger partial charge in [0.05, 0.1) is 12.1 Å². The highest BCUT2D eigenvalue weighted by Gasteiger charge is 2.41. The molecule has 4 atom stereocenters. The van der Waals surface area contributed by atoms with Gasteiger partial charge in [0.25, 0.3) is 0 Å². The molecule has 1 saturated carbocycles. The number of nitrogens with one attached hydrogen (secondary N) is 1. The van der Waals surface area contributed by atoms with Crippen molar-refractivity contribution < 1.29 is 15.3 Å². The molecule has 7 nitrogen and oxygen atoms in total. The minimum absolute atomic E-state index is 0.151. The van der Waals surface area contributed by atoms with Gasteiger partial charge in [0, 0.05) is 18.1 Å². The van der Waals surface area contributed by atoms with E-state index in [4.69, 9.17) is 10.8 Å². The highest BCUT2D eigenvalue weighted by Crippen LogP contribution is 2.29. The fourth-order valence-electron chi connectivity index (χ4n) is 2.23. The molecular weight excluding hydrogens is 236 g/mol. The summed E-state index contributed by atoms with van der Waals surface area (Å²) in [5.41, 5.74) is 6.37. The Balaban J connectivity index is 2.13. The molecule has 1 heterocycles. The summed E-state index contributed by atoms with van der Waals surface area (Å²) in [6.07, 6.45) is -0.0431. The maximum Gasteiger partial charge on any atom is 0.134 e. The van der Waals surface area contributed by atoms with E-state index in [1.54, 1.807) is 6.92 Å². The first-order valence-electron chi connectivity index (χ1n) is 5.85. The van der Waals surface area contributed by atoms with Crippen LogP contribution in [0.4, 0.5) is 11.6 Å². The van der Waals surface area contributed by atoms with Crippen LogP contribution in [0.5, 0.6) is 0 Å². The van der Waals surface area contributed by atoms with Gasteiger partial charge in [0.1, 0.15) is 24.1 Å². The van der Waals surface area contributed by atoms with E-state index < -0.39 is 12.2 Å². The van der Waals surface area contributed by atoms with Crippen LogP contribution < -0.4 is 11.1 Å². The van der Waals surface area contributed by atoms with Gasteiger partial charge in [-0.1, -0.05) is 0 Å². The van der Waals surface area contributed by atoms with Crippen molar-refractivity contribution in [1.29, 1.82) is 0 Å². The Hall–Kier alpha value is -1.44. The molecule has 0 amide bonds. The average molecular weight is 254 g/mol. The minimum Gasteiger partial charge on any atom is -0.396 e. The number of rotatable bonds is 3. The molecule has 0 radical (unpaired) electrons. The van der Waals surface area contributed by atoms with Crippen LogP contribution >= 0.6 is 0 Å². The molecule has 1 aromatic rings. The predicted octanol–water partition coefficient (Wildman–Crippen LogP) is -1.12. The van der Waals surface area contributed by atoms with Crippen molar-refractivity contribution in [2.45, 2.75) is 31.6 Å². The summed E-state index contributed by atoms with van der Waals surface area (Å²) >= 11 is 0. The smallest absolute Gasteiger partial charge is 0.134 e. The number of aliphatic hydroxyl groups is 3. The molecule has 0 aliphatic heterocycles. The van der Waals surface area contributed by atoms with E-state index in [-0.39, 0.29) is 18.6 Å². The molecule has 1 fully saturated rings. The first-order valence-corrected chi connectivity index (χ1v) is 5.85. The van der Waals surface area contributed by atoms with Gasteiger partial charge < -0.3 is 26.4 Å². The lowest BCUT2D eigenvalue weighted by atomic mass is 10.1. The molecule has 2 rings (SSSR count). The lowest BCUT2D eigenvalue weighted by molar-refractivity contribution is 0.00445. The molecule has 0 bridgehead atoms. The number of anilines is 2. The van der Waals surface area contributed by atoms with Gasteiger partial charge in [-0.15, -0.1) is 0 Å². The summed E-state index contributed by atoms with van der Waals surface area (Å²) in [5.74, 6) is 0.591. The molecule has 1 aliphatic carbocycles. The third-order valence-electron chi connectivity index (χ3n) is 3.48. The molecule has 6 N–H and O–H groups in total. The summed E-state index contributed by atoms with van der Waals surface area (Å²) < 4.78 is 0. The van der Waals surface area contributed by atoms with E-state index in [1.807, 2.05) is 0 Å². The number of nitrogens with two attached hydrogens (primary N) is 1. The summed E-state index contributed by atoms with van der Waals surface area (Å²) in [5, 5.41) is 31.7. The second-order valence-electron chi connectivity index (χ2n) is 4.64. The van der Waals surface area contributed by atoms with Crippen LogP contribution in [0.15, 0.2) is 6.33 Å². The molecule has 1 aromatic heterocycles. The van der Waals surface area contributed by atoms with E-state index in [9.17, 15) is 10.2 Å². The van der Waals surface area contributed by atoms with Crippen LogP contribution in [0.1, 0.15) is 12.0 Å². The number of hydrogen-bond donors (Lipinski definition) is 5. The third kappa shape index (κ3) is 2.24. The van der Waals surface area contributed by atoms with Crippen molar-refractivity contribution in [2.75, 3.05) is 17.7 Å². The lowest BCUT2D eigenvalue weighted by Crippen LogP contribution is -2.35. The molecule has 1 aliphatic rings. The van der Waals surface area contributed by atoms with Crippen LogP contribution in [0.25, 0.3) is 0 Å². The third-order valence-corrected chi connectivity index (χ3v) is 3.48. The SMILES string of the molecule is Cc1c(N)ncnc1N[C@@H]1C[C@H](CO)[C@@H](O)[C@H]1O. The minimum atomic E-state index is -0.933. The van der Waals surface area contributed by atoms with E-state index in [0.29, 0.717) is 23.6 Å². The maximum absolute atomic E-state index is 9.88. The maximum atomic E-state index is 9.88. The van der Waals surface area contributed by atoms with Gasteiger partial charge >= 0.3 is 0 Å². The lowest BCUT2D eigenvalue weighted by Gasteiger charge is -2.19. The predicted molar refractivity (Wildman–Crippen MR) is 65.8 cm³/mol. The summed E-state index contributed by atoms with van der Waals surface area (Å²) in [6, 6.07) is -0.356. The van der Waals surface area contributed by atoms with Crippen molar-refractivity contribution in [3.8, 4) is 0 Å². The number of nitrogens with zero attached hydrogens (tertiary/aromatic N) is 2. The largest absolute Gasteiger partial charge is 0.396 e. The monoisotopic (exact) mass is 254 g/mol. The van der Waals surface area contributed by atoms with Crippen molar-refractivity contribution in [1.82, 2.24) is 9.97 Å². The van der Waals surface area contributed by atoms with Gasteiger partial charge in [-0.05, 0) is 13.3 Å².